The summed E-state index contributed by atoms with van der Waals surface area (Å²) in [4.78, 5) is 11.0. The lowest BCUT2D eigenvalue weighted by molar-refractivity contribution is -0.132. The van der Waals surface area contributed by atoms with Gasteiger partial charge in [-0.15, -0.1) is 12.4 Å². The molecule has 0 aromatic heterocycles. The Bertz CT molecular complexity index is 532. The Hall–Kier alpha value is -1.94. The Morgan fingerprint density at radius 3 is 2.79 bits per heavy atom. The van der Waals surface area contributed by atoms with Crippen LogP contribution in [0.2, 0.25) is 0 Å². The molecule has 5 heteroatoms. The van der Waals surface area contributed by atoms with E-state index in [0.29, 0.717) is 5.57 Å². The maximum absolute atomic E-state index is 11.0. The van der Waals surface area contributed by atoms with Crippen molar-refractivity contribution in [3.8, 4) is 0 Å². The van der Waals surface area contributed by atoms with E-state index < -0.39 is 5.97 Å². The fraction of sp³-hybridized carbons (Fsp3) is 0.214. The molecule has 3 atom stereocenters. The van der Waals surface area contributed by atoms with Crippen LogP contribution in [0.15, 0.2) is 60.0 Å². The third kappa shape index (κ3) is 2.44. The predicted octanol–water partition coefficient (Wildman–Crippen LogP) is 1.50. The molecular weight excluding hydrogens is 264 g/mol. The van der Waals surface area contributed by atoms with Crippen LogP contribution in [0.1, 0.15) is 0 Å². The van der Waals surface area contributed by atoms with Gasteiger partial charge in [-0.1, -0.05) is 24.3 Å². The van der Waals surface area contributed by atoms with Crippen molar-refractivity contribution >= 4 is 18.4 Å². The van der Waals surface area contributed by atoms with E-state index in [-0.39, 0.29) is 30.4 Å². The first kappa shape index (κ1) is 13.5. The first-order chi connectivity index (χ1) is 8.75. The second-order valence-corrected chi connectivity index (χ2v) is 4.57. The minimum Gasteiger partial charge on any atom is -0.478 e. The molecule has 3 N–H and O–H groups in total. The van der Waals surface area contributed by atoms with Crippen LogP contribution < -0.4 is 10.6 Å². The van der Waals surface area contributed by atoms with Crippen LogP contribution >= 0.6 is 12.4 Å². The van der Waals surface area contributed by atoms with E-state index in [2.05, 4.69) is 22.8 Å². The number of dihydropyridines is 1. The molecule has 0 spiro atoms. The summed E-state index contributed by atoms with van der Waals surface area (Å²) in [6, 6.07) is 0.361. The molecule has 100 valence electrons. The highest BCUT2D eigenvalue weighted by Crippen LogP contribution is 2.28. The van der Waals surface area contributed by atoms with Crippen molar-refractivity contribution in [1.82, 2.24) is 10.6 Å². The highest BCUT2D eigenvalue weighted by atomic mass is 35.5. The van der Waals surface area contributed by atoms with Gasteiger partial charge in [0.15, 0.2) is 0 Å². The van der Waals surface area contributed by atoms with Crippen molar-refractivity contribution < 1.29 is 9.90 Å². The normalized spacial score (nSPS) is 30.4. The molecule has 2 heterocycles. The second kappa shape index (κ2) is 5.36. The number of carbonyl (C=O) groups is 1. The topological polar surface area (TPSA) is 61.4 Å². The SMILES string of the molecule is Cl.O=C(O)C1=CNC2C(=C1)C=CNC1C=CC=CC12. The Balaban J connectivity index is 0.00000133. The number of halogens is 1. The Labute approximate surface area is 117 Å². The van der Waals surface area contributed by atoms with Gasteiger partial charge in [0.2, 0.25) is 0 Å². The van der Waals surface area contributed by atoms with Gasteiger partial charge >= 0.3 is 5.97 Å². The van der Waals surface area contributed by atoms with E-state index in [0.717, 1.165) is 5.57 Å². The zero-order chi connectivity index (χ0) is 12.5. The summed E-state index contributed by atoms with van der Waals surface area (Å²) in [6.45, 7) is 0. The maximum Gasteiger partial charge on any atom is 0.337 e. The molecule has 3 aliphatic rings. The Morgan fingerprint density at radius 1 is 1.21 bits per heavy atom. The number of rotatable bonds is 1. The highest BCUT2D eigenvalue weighted by molar-refractivity contribution is 5.90. The van der Waals surface area contributed by atoms with Crippen LogP contribution in [0.25, 0.3) is 0 Å². The quantitative estimate of drug-likeness (QED) is 0.680. The van der Waals surface area contributed by atoms with E-state index in [1.807, 2.05) is 24.4 Å². The van der Waals surface area contributed by atoms with E-state index in [1.165, 1.54) is 0 Å². The summed E-state index contributed by atoms with van der Waals surface area (Å²) in [5.41, 5.74) is 1.29. The predicted molar refractivity (Wildman–Crippen MR) is 75.8 cm³/mol. The number of carboxylic acids is 1. The van der Waals surface area contributed by atoms with E-state index >= 15 is 0 Å². The second-order valence-electron chi connectivity index (χ2n) is 4.57. The van der Waals surface area contributed by atoms with Gasteiger partial charge < -0.3 is 15.7 Å². The molecule has 0 aromatic rings. The van der Waals surface area contributed by atoms with Gasteiger partial charge in [0, 0.05) is 12.1 Å². The minimum absolute atomic E-state index is 0. The minimum atomic E-state index is -0.908. The summed E-state index contributed by atoms with van der Waals surface area (Å²) in [6.07, 6.45) is 15.5. The van der Waals surface area contributed by atoms with Gasteiger partial charge in [-0.3, -0.25) is 0 Å². The zero-order valence-electron chi connectivity index (χ0n) is 10.1. The Kier molecular flexibility index (Phi) is 3.81. The smallest absolute Gasteiger partial charge is 0.337 e. The lowest BCUT2D eigenvalue weighted by Crippen LogP contribution is -2.44. The summed E-state index contributed by atoms with van der Waals surface area (Å²) in [5, 5.41) is 15.5. The summed E-state index contributed by atoms with van der Waals surface area (Å²) < 4.78 is 0. The molecule has 19 heavy (non-hydrogen) atoms. The molecule has 4 nitrogen and oxygen atoms in total. The van der Waals surface area contributed by atoms with E-state index in [4.69, 9.17) is 5.11 Å². The largest absolute Gasteiger partial charge is 0.478 e. The van der Waals surface area contributed by atoms with Crippen LogP contribution in [0, 0.1) is 5.92 Å². The summed E-state index contributed by atoms with van der Waals surface area (Å²) in [5.74, 6) is -0.627. The van der Waals surface area contributed by atoms with Gasteiger partial charge in [-0.25, -0.2) is 4.79 Å². The van der Waals surface area contributed by atoms with Crippen LogP contribution in [0.5, 0.6) is 0 Å². The average molecular weight is 279 g/mol. The van der Waals surface area contributed by atoms with Gasteiger partial charge in [0.05, 0.1) is 17.7 Å². The number of hydrogen-bond donors (Lipinski definition) is 3. The fourth-order valence-corrected chi connectivity index (χ4v) is 2.56. The lowest BCUT2D eigenvalue weighted by Gasteiger charge is -2.32. The number of nitrogens with one attached hydrogen (secondary N) is 2. The van der Waals surface area contributed by atoms with Gasteiger partial charge in [-0.05, 0) is 23.9 Å². The lowest BCUT2D eigenvalue weighted by atomic mass is 9.83. The molecular formula is C14H15ClN2O2. The van der Waals surface area contributed by atoms with Gasteiger partial charge in [0.25, 0.3) is 0 Å². The van der Waals surface area contributed by atoms with Crippen LogP contribution in [-0.2, 0) is 4.79 Å². The summed E-state index contributed by atoms with van der Waals surface area (Å²) in [7, 11) is 0. The van der Waals surface area contributed by atoms with Crippen molar-refractivity contribution in [3.63, 3.8) is 0 Å². The molecule has 0 bridgehead atoms. The number of hydrogen-bond acceptors (Lipinski definition) is 3. The molecule has 3 unspecified atom stereocenters. The average Bonchev–Trinajstić information content (AvgIpc) is 2.57. The molecule has 0 radical (unpaired) electrons. The van der Waals surface area contributed by atoms with Crippen LogP contribution in [0.4, 0.5) is 0 Å². The zero-order valence-corrected chi connectivity index (χ0v) is 10.9. The van der Waals surface area contributed by atoms with Crippen molar-refractivity contribution in [1.29, 1.82) is 0 Å². The number of allylic oxidation sites excluding steroid dienone is 2. The van der Waals surface area contributed by atoms with Crippen molar-refractivity contribution in [3.05, 3.63) is 60.0 Å². The van der Waals surface area contributed by atoms with Gasteiger partial charge in [-0.2, -0.15) is 0 Å². The highest BCUT2D eigenvalue weighted by Gasteiger charge is 2.31. The molecule has 0 amide bonds. The maximum atomic E-state index is 11.0. The fourth-order valence-electron chi connectivity index (χ4n) is 2.56. The first-order valence-electron chi connectivity index (χ1n) is 5.94. The van der Waals surface area contributed by atoms with Crippen LogP contribution in [-0.4, -0.2) is 23.2 Å². The molecule has 3 rings (SSSR count). The molecule has 0 fully saturated rings. The molecule has 1 aliphatic carbocycles. The molecule has 0 aromatic carbocycles. The number of fused-ring (bicyclic) bond motifs is 3. The third-order valence-corrected chi connectivity index (χ3v) is 3.47. The summed E-state index contributed by atoms with van der Waals surface area (Å²) >= 11 is 0. The van der Waals surface area contributed by atoms with Crippen molar-refractivity contribution in [2.24, 2.45) is 5.92 Å². The van der Waals surface area contributed by atoms with Crippen molar-refractivity contribution in [2.45, 2.75) is 12.1 Å². The number of carboxylic acid groups (broad SMARTS) is 1. The number of aliphatic carboxylic acids is 1. The monoisotopic (exact) mass is 278 g/mol. The first-order valence-corrected chi connectivity index (χ1v) is 5.94. The van der Waals surface area contributed by atoms with Gasteiger partial charge in [0.1, 0.15) is 0 Å². The van der Waals surface area contributed by atoms with Crippen LogP contribution in [0.3, 0.4) is 0 Å². The molecule has 2 aliphatic heterocycles. The third-order valence-electron chi connectivity index (χ3n) is 3.47. The molecule has 0 saturated carbocycles. The molecule has 0 saturated heterocycles. The van der Waals surface area contributed by atoms with E-state index in [9.17, 15) is 4.79 Å². The standard InChI is InChI=1S/C14H14N2O2.ClH/c17-14(18)10-7-9-5-6-15-12-4-2-1-3-11(12)13(9)16-8-10;/h1-8,11-13,15-16H,(H,17,18);1H. The van der Waals surface area contributed by atoms with Crippen molar-refractivity contribution in [2.75, 3.05) is 0 Å². The Morgan fingerprint density at radius 2 is 2.00 bits per heavy atom. The van der Waals surface area contributed by atoms with E-state index in [1.54, 1.807) is 12.3 Å².